The number of benzene rings is 1. The predicted molar refractivity (Wildman–Crippen MR) is 74.4 cm³/mol. The minimum absolute atomic E-state index is 0.0343. The van der Waals surface area contributed by atoms with E-state index in [1.807, 2.05) is 5.38 Å². The van der Waals surface area contributed by atoms with Crippen LogP contribution in [0.5, 0.6) is 0 Å². The van der Waals surface area contributed by atoms with Crippen molar-refractivity contribution in [2.24, 2.45) is 5.73 Å². The minimum atomic E-state index is -0.345. The van der Waals surface area contributed by atoms with Crippen LogP contribution in [0.25, 0.3) is 11.3 Å². The first kappa shape index (κ1) is 13.5. The Morgan fingerprint density at radius 3 is 2.94 bits per heavy atom. The van der Waals surface area contributed by atoms with Crippen molar-refractivity contribution in [2.45, 2.75) is 25.8 Å². The highest BCUT2D eigenvalue weighted by atomic mass is 35.5. The molecule has 0 saturated heterocycles. The lowest BCUT2D eigenvalue weighted by molar-refractivity contribution is 0.628. The molecule has 18 heavy (non-hydrogen) atoms. The van der Waals surface area contributed by atoms with E-state index in [1.165, 1.54) is 23.5 Å². The van der Waals surface area contributed by atoms with Gasteiger partial charge in [0.1, 0.15) is 10.8 Å². The van der Waals surface area contributed by atoms with Crippen molar-refractivity contribution < 1.29 is 4.39 Å². The fraction of sp³-hybridized carbons (Fsp3) is 0.308. The van der Waals surface area contributed by atoms with E-state index in [4.69, 9.17) is 17.3 Å². The van der Waals surface area contributed by atoms with E-state index in [0.717, 1.165) is 29.1 Å². The van der Waals surface area contributed by atoms with Crippen LogP contribution in [-0.4, -0.2) is 4.98 Å². The van der Waals surface area contributed by atoms with E-state index < -0.39 is 0 Å². The van der Waals surface area contributed by atoms with Gasteiger partial charge >= 0.3 is 0 Å². The number of aromatic nitrogens is 1. The molecule has 1 atom stereocenters. The SMILES string of the molecule is CCCC(N)c1nc(-c2ccc(F)cc2Cl)cs1. The first-order chi connectivity index (χ1) is 8.61. The molecule has 1 aromatic heterocycles. The van der Waals surface area contributed by atoms with E-state index in [2.05, 4.69) is 11.9 Å². The molecule has 0 aliphatic carbocycles. The van der Waals surface area contributed by atoms with Crippen molar-refractivity contribution in [2.75, 3.05) is 0 Å². The third-order valence-electron chi connectivity index (χ3n) is 2.65. The number of hydrogen-bond donors (Lipinski definition) is 1. The summed E-state index contributed by atoms with van der Waals surface area (Å²) in [6.45, 7) is 2.09. The van der Waals surface area contributed by atoms with E-state index >= 15 is 0 Å². The topological polar surface area (TPSA) is 38.9 Å². The van der Waals surface area contributed by atoms with Gasteiger partial charge in [0, 0.05) is 10.9 Å². The predicted octanol–water partition coefficient (Wildman–Crippen LogP) is 4.40. The van der Waals surface area contributed by atoms with Crippen LogP contribution in [-0.2, 0) is 0 Å². The van der Waals surface area contributed by atoms with Crippen LogP contribution in [0.2, 0.25) is 5.02 Å². The zero-order valence-electron chi connectivity index (χ0n) is 9.99. The second-order valence-corrected chi connectivity index (χ2v) is 5.39. The Kier molecular flexibility index (Phi) is 4.32. The number of halogens is 2. The van der Waals surface area contributed by atoms with Crippen molar-refractivity contribution in [3.63, 3.8) is 0 Å². The zero-order valence-corrected chi connectivity index (χ0v) is 11.6. The Hall–Kier alpha value is -0.970. The molecule has 0 aliphatic rings. The molecule has 0 saturated carbocycles. The molecule has 2 nitrogen and oxygen atoms in total. The molecule has 0 bridgehead atoms. The first-order valence-electron chi connectivity index (χ1n) is 5.78. The third kappa shape index (κ3) is 2.88. The van der Waals surface area contributed by atoms with Crippen molar-refractivity contribution in [1.29, 1.82) is 0 Å². The number of thiazole rings is 1. The number of nitrogens with two attached hydrogens (primary N) is 1. The van der Waals surface area contributed by atoms with Crippen LogP contribution in [0.4, 0.5) is 4.39 Å². The smallest absolute Gasteiger partial charge is 0.124 e. The third-order valence-corrected chi connectivity index (χ3v) is 3.94. The Balaban J connectivity index is 2.29. The van der Waals surface area contributed by atoms with Gasteiger partial charge in [-0.2, -0.15) is 0 Å². The van der Waals surface area contributed by atoms with Gasteiger partial charge in [-0.05, 0) is 24.6 Å². The quantitative estimate of drug-likeness (QED) is 0.903. The fourth-order valence-corrected chi connectivity index (χ4v) is 2.83. The summed E-state index contributed by atoms with van der Waals surface area (Å²) in [4.78, 5) is 4.48. The highest BCUT2D eigenvalue weighted by Gasteiger charge is 2.13. The largest absolute Gasteiger partial charge is 0.322 e. The summed E-state index contributed by atoms with van der Waals surface area (Å²) in [6.07, 6.45) is 1.93. The summed E-state index contributed by atoms with van der Waals surface area (Å²) in [6, 6.07) is 4.28. The molecular formula is C13H14ClFN2S. The van der Waals surface area contributed by atoms with Crippen molar-refractivity contribution in [3.8, 4) is 11.3 Å². The molecule has 96 valence electrons. The molecular weight excluding hydrogens is 271 g/mol. The second kappa shape index (κ2) is 5.78. The van der Waals surface area contributed by atoms with Gasteiger partial charge in [-0.15, -0.1) is 11.3 Å². The summed E-state index contributed by atoms with van der Waals surface area (Å²) in [5, 5.41) is 3.17. The fourth-order valence-electron chi connectivity index (χ4n) is 1.71. The van der Waals surface area contributed by atoms with Crippen LogP contribution >= 0.6 is 22.9 Å². The number of rotatable bonds is 4. The van der Waals surface area contributed by atoms with Gasteiger partial charge in [0.25, 0.3) is 0 Å². The molecule has 1 aromatic carbocycles. The minimum Gasteiger partial charge on any atom is -0.322 e. The van der Waals surface area contributed by atoms with Gasteiger partial charge in [0.15, 0.2) is 0 Å². The van der Waals surface area contributed by atoms with Gasteiger partial charge in [0.2, 0.25) is 0 Å². The standard InChI is InChI=1S/C13H14ClFN2S/c1-2-3-11(16)13-17-12(7-18-13)9-5-4-8(15)6-10(9)14/h4-7,11H,2-3,16H2,1H3. The lowest BCUT2D eigenvalue weighted by atomic mass is 10.1. The molecule has 2 N–H and O–H groups in total. The first-order valence-corrected chi connectivity index (χ1v) is 7.04. The average molecular weight is 285 g/mol. The molecule has 2 rings (SSSR count). The number of hydrogen-bond acceptors (Lipinski definition) is 3. The molecule has 5 heteroatoms. The lowest BCUT2D eigenvalue weighted by Gasteiger charge is -2.05. The molecule has 0 fully saturated rings. The summed E-state index contributed by atoms with van der Waals surface area (Å²) in [7, 11) is 0. The molecule has 1 unspecified atom stereocenters. The van der Waals surface area contributed by atoms with Crippen molar-refractivity contribution in [3.05, 3.63) is 39.4 Å². The van der Waals surface area contributed by atoms with Crippen LogP contribution in [0.3, 0.4) is 0 Å². The monoisotopic (exact) mass is 284 g/mol. The average Bonchev–Trinajstić information content (AvgIpc) is 2.78. The Morgan fingerprint density at radius 1 is 1.50 bits per heavy atom. The normalized spacial score (nSPS) is 12.7. The van der Waals surface area contributed by atoms with Crippen LogP contribution < -0.4 is 5.73 Å². The molecule has 0 aliphatic heterocycles. The van der Waals surface area contributed by atoms with Crippen LogP contribution in [0.1, 0.15) is 30.8 Å². The summed E-state index contributed by atoms with van der Waals surface area (Å²) < 4.78 is 13.0. The molecule has 2 aromatic rings. The zero-order chi connectivity index (χ0) is 13.1. The van der Waals surface area contributed by atoms with E-state index in [0.29, 0.717) is 5.02 Å². The van der Waals surface area contributed by atoms with Gasteiger partial charge < -0.3 is 5.73 Å². The van der Waals surface area contributed by atoms with Gasteiger partial charge in [0.05, 0.1) is 16.8 Å². The maximum absolute atomic E-state index is 13.0. The lowest BCUT2D eigenvalue weighted by Crippen LogP contribution is -2.09. The van der Waals surface area contributed by atoms with Crippen molar-refractivity contribution in [1.82, 2.24) is 4.98 Å². The van der Waals surface area contributed by atoms with Gasteiger partial charge in [-0.25, -0.2) is 9.37 Å². The number of nitrogens with zero attached hydrogens (tertiary/aromatic N) is 1. The highest BCUT2D eigenvalue weighted by molar-refractivity contribution is 7.10. The summed E-state index contributed by atoms with van der Waals surface area (Å²) in [5.74, 6) is -0.345. The van der Waals surface area contributed by atoms with Crippen molar-refractivity contribution >= 4 is 22.9 Å². The molecule has 0 spiro atoms. The van der Waals surface area contributed by atoms with Crippen LogP contribution in [0, 0.1) is 5.82 Å². The van der Waals surface area contributed by atoms with E-state index in [1.54, 1.807) is 6.07 Å². The Morgan fingerprint density at radius 2 is 2.28 bits per heavy atom. The Labute approximate surface area is 115 Å². The van der Waals surface area contributed by atoms with Gasteiger partial charge in [-0.3, -0.25) is 0 Å². The van der Waals surface area contributed by atoms with Crippen LogP contribution in [0.15, 0.2) is 23.6 Å². The van der Waals surface area contributed by atoms with E-state index in [-0.39, 0.29) is 11.9 Å². The van der Waals surface area contributed by atoms with E-state index in [9.17, 15) is 4.39 Å². The second-order valence-electron chi connectivity index (χ2n) is 4.09. The Bertz CT molecular complexity index is 542. The maximum Gasteiger partial charge on any atom is 0.124 e. The highest BCUT2D eigenvalue weighted by Crippen LogP contribution is 2.31. The van der Waals surface area contributed by atoms with Gasteiger partial charge in [-0.1, -0.05) is 24.9 Å². The summed E-state index contributed by atoms with van der Waals surface area (Å²) >= 11 is 7.52. The molecule has 0 amide bonds. The maximum atomic E-state index is 13.0. The molecule has 1 heterocycles. The molecule has 0 radical (unpaired) electrons. The summed E-state index contributed by atoms with van der Waals surface area (Å²) in [5.41, 5.74) is 7.51.